The molecule has 2 aliphatic heterocycles. The molecule has 0 aliphatic carbocycles. The van der Waals surface area contributed by atoms with Crippen molar-refractivity contribution >= 4 is 17.8 Å². The Kier molecular flexibility index (Phi) is 4.29. The molecule has 0 spiro atoms. The normalized spacial score (nSPS) is 25.6. The fourth-order valence-corrected chi connectivity index (χ4v) is 2.86. The number of rotatable bonds is 7. The van der Waals surface area contributed by atoms with Crippen molar-refractivity contribution < 1.29 is 29.3 Å². The molecule has 0 aromatic heterocycles. The third kappa shape index (κ3) is 2.77. The molecule has 1 fully saturated rings. The third-order valence-electron chi connectivity index (χ3n) is 3.79. The molecule has 0 aromatic carbocycles. The van der Waals surface area contributed by atoms with Crippen LogP contribution in [0.2, 0.25) is 0 Å². The molecule has 1 saturated heterocycles. The number of primary amides is 1. The molecule has 0 radical (unpaired) electrons. The maximum absolute atomic E-state index is 11.9. The predicted molar refractivity (Wildman–Crippen MR) is 69.7 cm³/mol. The molecule has 116 valence electrons. The minimum absolute atomic E-state index is 0.0295. The predicted octanol–water partition coefficient (Wildman–Crippen LogP) is -1.17. The van der Waals surface area contributed by atoms with Gasteiger partial charge in [-0.1, -0.05) is 0 Å². The average Bonchev–Trinajstić information content (AvgIpc) is 2.68. The zero-order chi connectivity index (χ0) is 15.7. The first kappa shape index (κ1) is 15.5. The van der Waals surface area contributed by atoms with Gasteiger partial charge in [-0.3, -0.25) is 9.59 Å². The summed E-state index contributed by atoms with van der Waals surface area (Å²) in [7, 11) is 0. The molecule has 2 aliphatic rings. The number of hydrogen-bond acceptors (Lipinski definition) is 5. The smallest absolute Gasteiger partial charge is 0.352 e. The summed E-state index contributed by atoms with van der Waals surface area (Å²) in [6.07, 6.45) is -0.402. The summed E-state index contributed by atoms with van der Waals surface area (Å²) in [5, 5.41) is 18.8. The summed E-state index contributed by atoms with van der Waals surface area (Å²) in [5.74, 6) is -2.63. The number of ether oxygens (including phenoxy) is 1. The van der Waals surface area contributed by atoms with E-state index in [-0.39, 0.29) is 37.3 Å². The number of nitrogens with two attached hydrogens (primary N) is 1. The van der Waals surface area contributed by atoms with Gasteiger partial charge in [-0.05, 0) is 18.9 Å². The summed E-state index contributed by atoms with van der Waals surface area (Å²) in [6, 6.07) is -0.321. The number of carbonyl (C=O) groups excluding carboxylic acids is 2. The summed E-state index contributed by atoms with van der Waals surface area (Å²) < 4.78 is 5.24. The van der Waals surface area contributed by atoms with Crippen LogP contribution in [0.5, 0.6) is 0 Å². The van der Waals surface area contributed by atoms with Gasteiger partial charge in [0, 0.05) is 6.42 Å². The summed E-state index contributed by atoms with van der Waals surface area (Å²) in [5.41, 5.74) is 5.41. The zero-order valence-corrected chi connectivity index (χ0v) is 11.6. The third-order valence-corrected chi connectivity index (χ3v) is 3.79. The van der Waals surface area contributed by atoms with Crippen LogP contribution in [0.4, 0.5) is 0 Å². The van der Waals surface area contributed by atoms with Gasteiger partial charge in [0.15, 0.2) is 0 Å². The molecular weight excluding hydrogens is 280 g/mol. The minimum Gasteiger partial charge on any atom is -0.477 e. The molecule has 4 N–H and O–H groups in total. The van der Waals surface area contributed by atoms with E-state index in [2.05, 4.69) is 0 Å². The lowest BCUT2D eigenvalue weighted by Crippen LogP contribution is -2.61. The van der Waals surface area contributed by atoms with E-state index in [1.54, 1.807) is 0 Å². The van der Waals surface area contributed by atoms with Crippen LogP contribution in [-0.2, 0) is 19.1 Å². The second-order valence-corrected chi connectivity index (χ2v) is 5.27. The number of aliphatic hydroxyl groups is 1. The van der Waals surface area contributed by atoms with Crippen molar-refractivity contribution in [2.45, 2.75) is 31.9 Å². The second-order valence-electron chi connectivity index (χ2n) is 5.27. The second kappa shape index (κ2) is 5.82. The number of carboxylic acid groups (broad SMARTS) is 1. The van der Waals surface area contributed by atoms with Crippen molar-refractivity contribution in [1.29, 1.82) is 0 Å². The van der Waals surface area contributed by atoms with Crippen molar-refractivity contribution in [3.8, 4) is 0 Å². The fourth-order valence-electron chi connectivity index (χ4n) is 2.86. The SMILES string of the molecule is CC(O)C1C(=O)N2C(C(=O)O)=C(COCCC(N)=O)CC12. The largest absolute Gasteiger partial charge is 0.477 e. The minimum atomic E-state index is -1.19. The van der Waals surface area contributed by atoms with Gasteiger partial charge in [0.05, 0.1) is 31.3 Å². The molecule has 2 amide bonds. The topological polar surface area (TPSA) is 130 Å². The molecule has 0 aromatic rings. The zero-order valence-electron chi connectivity index (χ0n) is 11.6. The van der Waals surface area contributed by atoms with Gasteiger partial charge < -0.3 is 25.6 Å². The standard InChI is InChI=1S/C13H18N2O6/c1-6(16)10-8-4-7(5-21-3-2-9(14)17)11(13(19)20)15(8)12(10)18/h6,8,10,16H,2-5H2,1H3,(H2,14,17)(H,19,20). The first-order valence-electron chi connectivity index (χ1n) is 6.67. The number of aliphatic carboxylic acids is 1. The maximum Gasteiger partial charge on any atom is 0.352 e. The summed E-state index contributed by atoms with van der Waals surface area (Å²) in [4.78, 5) is 35.1. The van der Waals surface area contributed by atoms with Gasteiger partial charge in [-0.2, -0.15) is 0 Å². The fraction of sp³-hybridized carbons (Fsp3) is 0.615. The van der Waals surface area contributed by atoms with Crippen molar-refractivity contribution in [2.75, 3.05) is 13.2 Å². The molecule has 8 nitrogen and oxygen atoms in total. The number of fused-ring (bicyclic) bond motifs is 1. The van der Waals surface area contributed by atoms with Gasteiger partial charge >= 0.3 is 5.97 Å². The highest BCUT2D eigenvalue weighted by Crippen LogP contribution is 2.43. The number of aliphatic hydroxyl groups excluding tert-OH is 1. The highest BCUT2D eigenvalue weighted by Gasteiger charge is 2.56. The Labute approximate surface area is 121 Å². The lowest BCUT2D eigenvalue weighted by Gasteiger charge is -2.44. The molecule has 2 heterocycles. The van der Waals surface area contributed by atoms with E-state index in [1.807, 2.05) is 0 Å². The van der Waals surface area contributed by atoms with E-state index >= 15 is 0 Å². The van der Waals surface area contributed by atoms with Gasteiger partial charge in [0.1, 0.15) is 5.70 Å². The lowest BCUT2D eigenvalue weighted by atomic mass is 9.83. The van der Waals surface area contributed by atoms with Crippen LogP contribution >= 0.6 is 0 Å². The highest BCUT2D eigenvalue weighted by atomic mass is 16.5. The number of nitrogens with zero attached hydrogens (tertiary/aromatic N) is 1. The maximum atomic E-state index is 11.9. The quantitative estimate of drug-likeness (QED) is 0.401. The highest BCUT2D eigenvalue weighted by molar-refractivity contribution is 5.99. The Morgan fingerprint density at radius 1 is 1.52 bits per heavy atom. The van der Waals surface area contributed by atoms with Crippen LogP contribution in [0.1, 0.15) is 19.8 Å². The van der Waals surface area contributed by atoms with E-state index in [9.17, 15) is 24.6 Å². The summed E-state index contributed by atoms with van der Waals surface area (Å²) in [6.45, 7) is 1.65. The van der Waals surface area contributed by atoms with Crippen LogP contribution < -0.4 is 5.73 Å². The Balaban J connectivity index is 2.04. The first-order valence-corrected chi connectivity index (χ1v) is 6.67. The Morgan fingerprint density at radius 2 is 2.19 bits per heavy atom. The van der Waals surface area contributed by atoms with Crippen LogP contribution in [0.15, 0.2) is 11.3 Å². The summed E-state index contributed by atoms with van der Waals surface area (Å²) >= 11 is 0. The molecule has 21 heavy (non-hydrogen) atoms. The van der Waals surface area contributed by atoms with E-state index in [0.29, 0.717) is 12.0 Å². The Morgan fingerprint density at radius 3 is 2.71 bits per heavy atom. The monoisotopic (exact) mass is 298 g/mol. The number of β-lactam (4-membered cyclic amide) rings is 1. The molecule has 3 unspecified atom stereocenters. The van der Waals surface area contributed by atoms with Crippen molar-refractivity contribution in [1.82, 2.24) is 4.90 Å². The molecule has 0 bridgehead atoms. The molecule has 8 heteroatoms. The molecule has 3 atom stereocenters. The van der Waals surface area contributed by atoms with Gasteiger partial charge in [-0.25, -0.2) is 4.79 Å². The van der Waals surface area contributed by atoms with E-state index < -0.39 is 23.9 Å². The first-order chi connectivity index (χ1) is 9.84. The number of amides is 2. The number of carbonyl (C=O) groups is 3. The van der Waals surface area contributed by atoms with Gasteiger partial charge in [0.25, 0.3) is 0 Å². The van der Waals surface area contributed by atoms with Crippen LogP contribution in [0.25, 0.3) is 0 Å². The van der Waals surface area contributed by atoms with Crippen LogP contribution in [-0.4, -0.2) is 58.3 Å². The van der Waals surface area contributed by atoms with E-state index in [1.165, 1.54) is 11.8 Å². The van der Waals surface area contributed by atoms with Gasteiger partial charge in [0.2, 0.25) is 11.8 Å². The van der Waals surface area contributed by atoms with E-state index in [0.717, 1.165) is 0 Å². The lowest BCUT2D eigenvalue weighted by molar-refractivity contribution is -0.161. The molecular formula is C13H18N2O6. The Bertz CT molecular complexity index is 513. The van der Waals surface area contributed by atoms with Crippen LogP contribution in [0, 0.1) is 5.92 Å². The van der Waals surface area contributed by atoms with Crippen molar-refractivity contribution in [3.63, 3.8) is 0 Å². The van der Waals surface area contributed by atoms with E-state index in [4.69, 9.17) is 10.5 Å². The molecule has 2 rings (SSSR count). The van der Waals surface area contributed by atoms with Crippen LogP contribution in [0.3, 0.4) is 0 Å². The van der Waals surface area contributed by atoms with Crippen molar-refractivity contribution in [2.24, 2.45) is 11.7 Å². The van der Waals surface area contributed by atoms with Gasteiger partial charge in [-0.15, -0.1) is 0 Å². The average molecular weight is 298 g/mol. The molecule has 0 saturated carbocycles. The number of hydrogen-bond donors (Lipinski definition) is 3. The number of carboxylic acids is 1. The Hall–Kier alpha value is -1.93. The van der Waals surface area contributed by atoms with Crippen molar-refractivity contribution in [3.05, 3.63) is 11.3 Å².